The molecule has 0 N–H and O–H groups in total. The van der Waals surface area contributed by atoms with Gasteiger partial charge in [-0.1, -0.05) is 41.9 Å². The van der Waals surface area contributed by atoms with Crippen LogP contribution in [0.15, 0.2) is 71.7 Å². The number of pyridine rings is 1. The molecule has 1 atom stereocenters. The van der Waals surface area contributed by atoms with Crippen molar-refractivity contribution in [3.8, 4) is 11.5 Å². The first-order valence-electron chi connectivity index (χ1n) is 9.59. The molecule has 0 bridgehead atoms. The van der Waals surface area contributed by atoms with E-state index in [1.54, 1.807) is 24.2 Å². The maximum absolute atomic E-state index is 12.9. The van der Waals surface area contributed by atoms with Crippen molar-refractivity contribution in [2.45, 2.75) is 12.6 Å². The molecule has 30 heavy (non-hydrogen) atoms. The fourth-order valence-electron chi connectivity index (χ4n) is 3.35. The number of amides is 1. The Morgan fingerprint density at radius 2 is 1.83 bits per heavy atom. The van der Waals surface area contributed by atoms with Crippen LogP contribution in [0.25, 0.3) is 0 Å². The minimum absolute atomic E-state index is 0.199. The molecule has 0 fully saturated rings. The van der Waals surface area contributed by atoms with Gasteiger partial charge in [0.15, 0.2) is 17.6 Å². The largest absolute Gasteiger partial charge is 0.486 e. The SMILES string of the molecule is CN(C[C@H]1COc2ccccc2O1)C(=O)c1ccc(=O)n(Cc2ccccc2Cl)c1. The number of hydrogen-bond donors (Lipinski definition) is 0. The first kappa shape index (κ1) is 20.0. The number of likely N-dealkylation sites (N-methyl/N-ethyl adjacent to an activating group) is 1. The summed E-state index contributed by atoms with van der Waals surface area (Å²) in [4.78, 5) is 26.8. The average molecular weight is 425 g/mol. The molecule has 0 unspecified atom stereocenters. The van der Waals surface area contributed by atoms with Crippen LogP contribution in [0, 0.1) is 0 Å². The van der Waals surface area contributed by atoms with Crippen LogP contribution >= 0.6 is 11.6 Å². The smallest absolute Gasteiger partial charge is 0.255 e. The Bertz CT molecular complexity index is 1130. The number of rotatable bonds is 5. The lowest BCUT2D eigenvalue weighted by Crippen LogP contribution is -2.42. The molecule has 0 saturated carbocycles. The first-order chi connectivity index (χ1) is 14.5. The zero-order valence-corrected chi connectivity index (χ0v) is 17.2. The summed E-state index contributed by atoms with van der Waals surface area (Å²) in [5, 5.41) is 0.577. The van der Waals surface area contributed by atoms with Crippen LogP contribution in [0.4, 0.5) is 0 Å². The Labute approximate surface area is 179 Å². The number of para-hydroxylation sites is 2. The third kappa shape index (κ3) is 4.33. The lowest BCUT2D eigenvalue weighted by Gasteiger charge is -2.29. The van der Waals surface area contributed by atoms with Crippen LogP contribution in [-0.4, -0.2) is 41.7 Å². The highest BCUT2D eigenvalue weighted by atomic mass is 35.5. The summed E-state index contributed by atoms with van der Waals surface area (Å²) >= 11 is 6.21. The molecule has 0 spiro atoms. The van der Waals surface area contributed by atoms with E-state index >= 15 is 0 Å². The van der Waals surface area contributed by atoms with Gasteiger partial charge in [-0.25, -0.2) is 0 Å². The van der Waals surface area contributed by atoms with Gasteiger partial charge >= 0.3 is 0 Å². The van der Waals surface area contributed by atoms with E-state index in [1.165, 1.54) is 16.7 Å². The van der Waals surface area contributed by atoms with Crippen LogP contribution in [0.5, 0.6) is 11.5 Å². The topological polar surface area (TPSA) is 60.8 Å². The number of halogens is 1. The number of ether oxygens (including phenoxy) is 2. The summed E-state index contributed by atoms with van der Waals surface area (Å²) in [6.45, 7) is 1.01. The summed E-state index contributed by atoms with van der Waals surface area (Å²) in [6, 6.07) is 17.7. The molecule has 7 heteroatoms. The first-order valence-corrected chi connectivity index (χ1v) is 9.97. The second kappa shape index (κ2) is 8.63. The Hall–Kier alpha value is -3.25. The molecule has 0 saturated heterocycles. The molecule has 1 amide bonds. The van der Waals surface area contributed by atoms with Crippen molar-refractivity contribution < 1.29 is 14.3 Å². The fraction of sp³-hybridized carbons (Fsp3) is 0.217. The molecule has 2 heterocycles. The second-order valence-electron chi connectivity index (χ2n) is 7.16. The lowest BCUT2D eigenvalue weighted by atomic mass is 10.2. The highest BCUT2D eigenvalue weighted by Crippen LogP contribution is 2.31. The summed E-state index contributed by atoms with van der Waals surface area (Å²) in [6.07, 6.45) is 1.29. The van der Waals surface area contributed by atoms with Crippen molar-refractivity contribution in [2.75, 3.05) is 20.2 Å². The Balaban J connectivity index is 1.47. The molecule has 0 radical (unpaired) electrons. The number of nitrogens with zero attached hydrogens (tertiary/aromatic N) is 2. The predicted octanol–water partition coefficient (Wildman–Crippen LogP) is 3.46. The molecular formula is C23H21ClN2O4. The Morgan fingerprint density at radius 1 is 1.10 bits per heavy atom. The molecular weight excluding hydrogens is 404 g/mol. The Morgan fingerprint density at radius 3 is 2.63 bits per heavy atom. The molecule has 1 aliphatic heterocycles. The molecule has 0 aliphatic carbocycles. The summed E-state index contributed by atoms with van der Waals surface area (Å²) < 4.78 is 13.1. The number of benzene rings is 2. The second-order valence-corrected chi connectivity index (χ2v) is 7.57. The molecule has 1 aliphatic rings. The zero-order valence-electron chi connectivity index (χ0n) is 16.5. The normalized spacial score (nSPS) is 14.9. The third-order valence-corrected chi connectivity index (χ3v) is 5.29. The minimum atomic E-state index is -0.275. The maximum atomic E-state index is 12.9. The van der Waals surface area contributed by atoms with Gasteiger partial charge in [-0.2, -0.15) is 0 Å². The maximum Gasteiger partial charge on any atom is 0.255 e. The van der Waals surface area contributed by atoms with Gasteiger partial charge in [0.1, 0.15) is 6.61 Å². The van der Waals surface area contributed by atoms with Gasteiger partial charge < -0.3 is 18.9 Å². The van der Waals surface area contributed by atoms with Crippen molar-refractivity contribution in [1.82, 2.24) is 9.47 Å². The van der Waals surface area contributed by atoms with E-state index in [1.807, 2.05) is 42.5 Å². The van der Waals surface area contributed by atoms with E-state index in [4.69, 9.17) is 21.1 Å². The van der Waals surface area contributed by atoms with Gasteiger partial charge in [0, 0.05) is 24.3 Å². The van der Waals surface area contributed by atoms with Gasteiger partial charge in [-0.05, 0) is 29.8 Å². The van der Waals surface area contributed by atoms with Gasteiger partial charge in [-0.15, -0.1) is 0 Å². The minimum Gasteiger partial charge on any atom is -0.486 e. The van der Waals surface area contributed by atoms with Crippen LogP contribution in [0.3, 0.4) is 0 Å². The van der Waals surface area contributed by atoms with E-state index in [9.17, 15) is 9.59 Å². The summed E-state index contributed by atoms with van der Waals surface area (Å²) in [5.74, 6) is 1.17. The standard InChI is InChI=1S/C23H21ClN2O4/c1-25(14-18-15-29-20-8-4-5-9-21(20)30-18)23(28)17-10-11-22(27)26(13-17)12-16-6-2-3-7-19(16)24/h2-11,13,18H,12,14-15H2,1H3/t18-/m0/s1. The van der Waals surface area contributed by atoms with Crippen molar-refractivity contribution in [3.05, 3.63) is 93.4 Å². The lowest BCUT2D eigenvalue weighted by molar-refractivity contribution is 0.0520. The number of hydrogen-bond acceptors (Lipinski definition) is 4. The third-order valence-electron chi connectivity index (χ3n) is 4.92. The van der Waals surface area contributed by atoms with Gasteiger partial charge in [0.2, 0.25) is 0 Å². The van der Waals surface area contributed by atoms with Gasteiger partial charge in [0.25, 0.3) is 11.5 Å². The number of carbonyl (C=O) groups is 1. The van der Waals surface area contributed by atoms with E-state index in [0.29, 0.717) is 41.8 Å². The van der Waals surface area contributed by atoms with Crippen LogP contribution < -0.4 is 15.0 Å². The van der Waals surface area contributed by atoms with Crippen molar-refractivity contribution in [2.24, 2.45) is 0 Å². The van der Waals surface area contributed by atoms with E-state index < -0.39 is 0 Å². The molecule has 3 aromatic rings. The highest BCUT2D eigenvalue weighted by molar-refractivity contribution is 6.31. The molecule has 1 aromatic heterocycles. The van der Waals surface area contributed by atoms with E-state index in [-0.39, 0.29) is 17.6 Å². The van der Waals surface area contributed by atoms with E-state index in [0.717, 1.165) is 5.56 Å². The van der Waals surface area contributed by atoms with Crippen molar-refractivity contribution in [3.63, 3.8) is 0 Å². The van der Waals surface area contributed by atoms with Crippen LogP contribution in [0.2, 0.25) is 5.02 Å². The van der Waals surface area contributed by atoms with Crippen LogP contribution in [0.1, 0.15) is 15.9 Å². The predicted molar refractivity (Wildman–Crippen MR) is 115 cm³/mol. The number of fused-ring (bicyclic) bond motifs is 1. The van der Waals surface area contributed by atoms with Gasteiger partial charge in [0.05, 0.1) is 18.7 Å². The summed E-state index contributed by atoms with van der Waals surface area (Å²) in [5.41, 5.74) is 1.03. The highest BCUT2D eigenvalue weighted by Gasteiger charge is 2.24. The van der Waals surface area contributed by atoms with Crippen molar-refractivity contribution >= 4 is 17.5 Å². The number of aromatic nitrogens is 1. The monoisotopic (exact) mass is 424 g/mol. The van der Waals surface area contributed by atoms with E-state index in [2.05, 4.69) is 0 Å². The quantitative estimate of drug-likeness (QED) is 0.629. The fourth-order valence-corrected chi connectivity index (χ4v) is 3.55. The zero-order chi connectivity index (χ0) is 21.1. The van der Waals surface area contributed by atoms with Crippen LogP contribution in [-0.2, 0) is 6.54 Å². The van der Waals surface area contributed by atoms with Crippen molar-refractivity contribution in [1.29, 1.82) is 0 Å². The molecule has 4 rings (SSSR count). The molecule has 154 valence electrons. The molecule has 2 aromatic carbocycles. The molecule has 6 nitrogen and oxygen atoms in total. The number of carbonyl (C=O) groups excluding carboxylic acids is 1. The van der Waals surface area contributed by atoms with Gasteiger partial charge in [-0.3, -0.25) is 9.59 Å². The Kier molecular flexibility index (Phi) is 5.77. The average Bonchev–Trinajstić information content (AvgIpc) is 2.76. The summed E-state index contributed by atoms with van der Waals surface area (Å²) in [7, 11) is 1.70.